The zero-order valence-corrected chi connectivity index (χ0v) is 21.6. The average Bonchev–Trinajstić information content (AvgIpc) is 3.32. The first-order valence-corrected chi connectivity index (χ1v) is 12.4. The smallest absolute Gasteiger partial charge is 0.0702 e. The van der Waals surface area contributed by atoms with Crippen LogP contribution in [0.25, 0.3) is 44.4 Å². The van der Waals surface area contributed by atoms with Crippen molar-refractivity contribution in [1.82, 2.24) is 9.97 Å². The number of aromatic nitrogens is 2. The molecule has 5 aromatic rings. The van der Waals surface area contributed by atoms with Crippen LogP contribution in [-0.4, -0.2) is 9.97 Å². The van der Waals surface area contributed by atoms with Gasteiger partial charge < -0.3 is 4.98 Å². The van der Waals surface area contributed by atoms with Crippen LogP contribution in [0.4, 0.5) is 0 Å². The Morgan fingerprint density at radius 2 is 1.23 bits per heavy atom. The number of para-hydroxylation sites is 1. The fourth-order valence-corrected chi connectivity index (χ4v) is 4.62. The summed E-state index contributed by atoms with van der Waals surface area (Å²) >= 11 is 0. The van der Waals surface area contributed by atoms with Gasteiger partial charge in [0.25, 0.3) is 0 Å². The Labute approximate surface area is 209 Å². The van der Waals surface area contributed by atoms with Crippen LogP contribution in [0.15, 0.2) is 91.3 Å². The van der Waals surface area contributed by atoms with Crippen LogP contribution in [0.5, 0.6) is 0 Å². The first kappa shape index (κ1) is 23.1. The molecule has 0 saturated heterocycles. The molecular formula is C33H34N2. The highest BCUT2D eigenvalue weighted by Crippen LogP contribution is 2.38. The molecule has 5 rings (SSSR count). The van der Waals surface area contributed by atoms with Gasteiger partial charge in [-0.15, -0.1) is 0 Å². The maximum atomic E-state index is 4.65. The molecule has 0 unspecified atom stereocenters. The summed E-state index contributed by atoms with van der Waals surface area (Å²) in [5.74, 6) is 0. The zero-order chi connectivity index (χ0) is 24.8. The molecule has 35 heavy (non-hydrogen) atoms. The molecule has 0 amide bonds. The number of hydrogen-bond acceptors (Lipinski definition) is 1. The topological polar surface area (TPSA) is 28.7 Å². The lowest BCUT2D eigenvalue weighted by Gasteiger charge is -2.24. The van der Waals surface area contributed by atoms with E-state index in [2.05, 4.69) is 124 Å². The lowest BCUT2D eigenvalue weighted by atomic mass is 9.81. The van der Waals surface area contributed by atoms with E-state index in [1.165, 1.54) is 44.3 Å². The third-order valence-corrected chi connectivity index (χ3v) is 6.79. The number of aromatic amines is 1. The number of benzene rings is 3. The second-order valence-electron chi connectivity index (χ2n) is 11.6. The van der Waals surface area contributed by atoms with Crippen LogP contribution in [-0.2, 0) is 10.8 Å². The maximum Gasteiger partial charge on any atom is 0.0702 e. The second kappa shape index (κ2) is 8.53. The van der Waals surface area contributed by atoms with Crippen LogP contribution in [0, 0.1) is 0 Å². The number of nitrogens with zero attached hydrogens (tertiary/aromatic N) is 1. The number of nitrogens with one attached hydrogen (secondary N) is 1. The van der Waals surface area contributed by atoms with E-state index in [1.807, 2.05) is 18.5 Å². The molecule has 0 aliphatic heterocycles. The van der Waals surface area contributed by atoms with Crippen molar-refractivity contribution in [2.24, 2.45) is 0 Å². The van der Waals surface area contributed by atoms with E-state index in [0.29, 0.717) is 0 Å². The van der Waals surface area contributed by atoms with Crippen molar-refractivity contribution >= 4 is 10.9 Å². The second-order valence-corrected chi connectivity index (χ2v) is 11.6. The van der Waals surface area contributed by atoms with E-state index < -0.39 is 0 Å². The Morgan fingerprint density at radius 1 is 0.600 bits per heavy atom. The monoisotopic (exact) mass is 458 g/mol. The van der Waals surface area contributed by atoms with Crippen molar-refractivity contribution in [3.05, 3.63) is 102 Å². The average molecular weight is 459 g/mol. The highest BCUT2D eigenvalue weighted by atomic mass is 14.7. The van der Waals surface area contributed by atoms with Crippen LogP contribution >= 0.6 is 0 Å². The van der Waals surface area contributed by atoms with Crippen LogP contribution in [0.2, 0.25) is 0 Å². The van der Waals surface area contributed by atoms with Crippen molar-refractivity contribution in [3.63, 3.8) is 0 Å². The van der Waals surface area contributed by atoms with Crippen molar-refractivity contribution in [2.45, 2.75) is 52.4 Å². The number of pyridine rings is 1. The first-order valence-electron chi connectivity index (χ1n) is 12.4. The Hall–Kier alpha value is -3.65. The largest absolute Gasteiger partial charge is 0.361 e. The van der Waals surface area contributed by atoms with Gasteiger partial charge in [-0.3, -0.25) is 4.98 Å². The molecule has 0 aliphatic carbocycles. The van der Waals surface area contributed by atoms with Crippen molar-refractivity contribution in [2.75, 3.05) is 0 Å². The highest BCUT2D eigenvalue weighted by Gasteiger charge is 2.20. The Kier molecular flexibility index (Phi) is 5.63. The summed E-state index contributed by atoms with van der Waals surface area (Å²) in [6.07, 6.45) is 3.89. The van der Waals surface area contributed by atoms with Crippen LogP contribution in [0.3, 0.4) is 0 Å². The minimum absolute atomic E-state index is 0.0276. The number of rotatable bonds is 3. The predicted molar refractivity (Wildman–Crippen MR) is 150 cm³/mol. The molecule has 2 heteroatoms. The van der Waals surface area contributed by atoms with Gasteiger partial charge in [0.1, 0.15) is 0 Å². The molecule has 0 radical (unpaired) electrons. The molecule has 0 atom stereocenters. The molecule has 0 fully saturated rings. The first-order chi connectivity index (χ1) is 16.6. The number of fused-ring (bicyclic) bond motifs is 1. The molecule has 1 N–H and O–H groups in total. The molecular weight excluding hydrogens is 424 g/mol. The Bertz CT molecular complexity index is 1490. The van der Waals surface area contributed by atoms with E-state index >= 15 is 0 Å². The summed E-state index contributed by atoms with van der Waals surface area (Å²) in [5, 5.41) is 1.23. The highest BCUT2D eigenvalue weighted by molar-refractivity contribution is 5.95. The lowest BCUT2D eigenvalue weighted by molar-refractivity contribution is 0.589. The molecule has 0 saturated carbocycles. The molecule has 2 aromatic heterocycles. The van der Waals surface area contributed by atoms with Gasteiger partial charge in [-0.25, -0.2) is 0 Å². The van der Waals surface area contributed by atoms with E-state index in [9.17, 15) is 0 Å². The Morgan fingerprint density at radius 3 is 1.86 bits per heavy atom. The van der Waals surface area contributed by atoms with Gasteiger partial charge in [0.15, 0.2) is 0 Å². The van der Waals surface area contributed by atoms with Gasteiger partial charge in [0.05, 0.1) is 11.2 Å². The zero-order valence-electron chi connectivity index (χ0n) is 21.6. The third-order valence-electron chi connectivity index (χ3n) is 6.79. The van der Waals surface area contributed by atoms with E-state index in [-0.39, 0.29) is 10.8 Å². The minimum Gasteiger partial charge on any atom is -0.361 e. The maximum absolute atomic E-state index is 4.65. The molecule has 0 aliphatic rings. The Balaban J connectivity index is 1.77. The van der Waals surface area contributed by atoms with Gasteiger partial charge in [0, 0.05) is 23.5 Å². The van der Waals surface area contributed by atoms with Crippen molar-refractivity contribution in [1.29, 1.82) is 0 Å². The van der Waals surface area contributed by atoms with Gasteiger partial charge in [0.2, 0.25) is 0 Å². The fraction of sp³-hybridized carbons (Fsp3) is 0.242. The van der Waals surface area contributed by atoms with E-state index in [4.69, 9.17) is 0 Å². The summed E-state index contributed by atoms with van der Waals surface area (Å²) in [7, 11) is 0. The molecule has 176 valence electrons. The molecule has 3 aromatic carbocycles. The summed E-state index contributed by atoms with van der Waals surface area (Å²) < 4.78 is 0. The van der Waals surface area contributed by atoms with Gasteiger partial charge in [-0.05, 0) is 80.4 Å². The number of hydrogen-bond donors (Lipinski definition) is 1. The summed E-state index contributed by atoms with van der Waals surface area (Å²) in [4.78, 5) is 8.11. The fourth-order valence-electron chi connectivity index (χ4n) is 4.62. The summed E-state index contributed by atoms with van der Waals surface area (Å²) in [6.45, 7) is 13.7. The van der Waals surface area contributed by atoms with Gasteiger partial charge in [-0.2, -0.15) is 0 Å². The minimum atomic E-state index is 0.0276. The third kappa shape index (κ3) is 4.66. The van der Waals surface area contributed by atoms with Crippen molar-refractivity contribution in [3.8, 4) is 33.5 Å². The number of H-pyrrole nitrogens is 1. The molecule has 2 nitrogen and oxygen atoms in total. The quantitative estimate of drug-likeness (QED) is 0.287. The molecule has 2 heterocycles. The summed E-state index contributed by atoms with van der Waals surface area (Å²) in [6, 6.07) is 28.8. The van der Waals surface area contributed by atoms with Crippen LogP contribution in [0.1, 0.15) is 52.7 Å². The van der Waals surface area contributed by atoms with Gasteiger partial charge >= 0.3 is 0 Å². The predicted octanol–water partition coefficient (Wildman–Crippen LogP) is 9.16. The normalized spacial score (nSPS) is 12.3. The van der Waals surface area contributed by atoms with E-state index in [1.54, 1.807) is 0 Å². The molecule has 0 bridgehead atoms. The standard InChI is InChI=1S/C33H34N2/c1-32(2,3)27-18-23(16-25(20-27)29-11-9-10-22-13-15-35-31(22)29)24-17-26(30-12-7-8-14-34-30)21-28(19-24)33(4,5)6/h7-21,35H,1-6H3. The van der Waals surface area contributed by atoms with E-state index in [0.717, 1.165) is 11.3 Å². The summed E-state index contributed by atoms with van der Waals surface area (Å²) in [5.41, 5.74) is 11.0. The van der Waals surface area contributed by atoms with Crippen LogP contribution < -0.4 is 0 Å². The molecule has 0 spiro atoms. The van der Waals surface area contributed by atoms with Gasteiger partial charge in [-0.1, -0.05) is 84.0 Å². The SMILES string of the molecule is CC(C)(C)c1cc(-c2cc(-c3cccc4cc[nH]c34)cc(C(C)(C)C)c2)cc(-c2ccccn2)c1. The van der Waals surface area contributed by atoms with Crippen molar-refractivity contribution < 1.29 is 0 Å². The lowest BCUT2D eigenvalue weighted by Crippen LogP contribution is -2.12.